The van der Waals surface area contributed by atoms with Gasteiger partial charge in [0.05, 0.1) is 76.0 Å². The van der Waals surface area contributed by atoms with Crippen LogP contribution in [0.4, 0.5) is 0 Å². The molecule has 0 saturated heterocycles. The van der Waals surface area contributed by atoms with E-state index in [1.165, 1.54) is 74.2 Å². The Morgan fingerprint density at radius 2 is 0.569 bits per heavy atom. The molecule has 8 heteroatoms. The number of hydrogen-bond acceptors (Lipinski definition) is 0. The Morgan fingerprint density at radius 1 is 0.338 bits per heavy atom. The molecule has 4 nitrogen and oxygen atoms in total. The van der Waals surface area contributed by atoms with Crippen molar-refractivity contribution in [3.63, 3.8) is 0 Å². The van der Waals surface area contributed by atoms with Gasteiger partial charge < -0.3 is 17.9 Å². The Kier molecular flexibility index (Phi) is 33.1. The fourth-order valence-electron chi connectivity index (χ4n) is 7.15. The van der Waals surface area contributed by atoms with E-state index >= 15 is 0 Å². The van der Waals surface area contributed by atoms with Gasteiger partial charge in [-0.25, -0.2) is 0 Å². The van der Waals surface area contributed by atoms with E-state index in [9.17, 15) is 0 Å². The average molecular weight is 1010 g/mol. The SMILES string of the molecule is Br.C=Cc1ccc(C[N+](C)(C)C)cc1.C=Cc1ccc(C[N+](C)(C)C)cc1.C=Cc1ccc(C[N+](C)(C)Cc2ccccc2)cc1.C=Cc1ccc(C[N+](CC)(CC)CC)cc1.Cl.Cl.Cl. The van der Waals surface area contributed by atoms with Crippen LogP contribution in [0.25, 0.3) is 24.3 Å². The molecule has 0 atom stereocenters. The summed E-state index contributed by atoms with van der Waals surface area (Å²) < 4.78 is 4.06. The van der Waals surface area contributed by atoms with Crippen LogP contribution in [0, 0.1) is 0 Å². The van der Waals surface area contributed by atoms with Crippen LogP contribution in [-0.2, 0) is 32.7 Å². The minimum atomic E-state index is 0. The van der Waals surface area contributed by atoms with Crippen molar-refractivity contribution >= 4 is 78.5 Å². The highest BCUT2D eigenvalue weighted by Gasteiger charge is 2.21. The molecule has 0 aliphatic heterocycles. The van der Waals surface area contributed by atoms with Gasteiger partial charge in [-0.05, 0) is 43.0 Å². The topological polar surface area (TPSA) is 0 Å². The third-order valence-electron chi connectivity index (χ3n) is 10.8. The van der Waals surface area contributed by atoms with Gasteiger partial charge in [0.2, 0.25) is 0 Å². The number of benzene rings is 5. The molecule has 0 aromatic heterocycles. The standard InChI is InChI=1S/C18H22N.C15H24N.2C12H18N.BrH.3ClH/c1-4-16-10-12-18(13-11-16)15-19(2,3)14-17-8-6-5-7-9-17;1-5-14-9-11-15(12-10-14)13-16(6-2,7-3)8-4;2*1-5-11-6-8-12(9-7-11)10-13(2,3)4;;;;/h4-13H,1,14-15H2,2-3H3;5,9-12H,1,6-8,13H2,2-4H3;2*5-9H,1,10H2,2-4H3;4*1H/q4*+1;;;;. The monoisotopic (exact) mass is 1010 g/mol. The number of rotatable bonds is 17. The molecule has 358 valence electrons. The molecule has 0 N–H and O–H groups in total. The summed E-state index contributed by atoms with van der Waals surface area (Å²) in [4.78, 5) is 0. The number of nitrogens with zero attached hydrogens (tertiary/aromatic N) is 4. The smallest absolute Gasteiger partial charge is 0.104 e. The summed E-state index contributed by atoms with van der Waals surface area (Å²) in [7, 11) is 17.7. The lowest BCUT2D eigenvalue weighted by molar-refractivity contribution is -0.936. The summed E-state index contributed by atoms with van der Waals surface area (Å²) in [6.07, 6.45) is 7.52. The molecule has 0 radical (unpaired) electrons. The van der Waals surface area contributed by atoms with E-state index in [0.717, 1.165) is 46.2 Å². The predicted octanol–water partition coefficient (Wildman–Crippen LogP) is 14.7. The first-order valence-corrected chi connectivity index (χ1v) is 22.0. The summed E-state index contributed by atoms with van der Waals surface area (Å²) in [5.74, 6) is 0. The first-order chi connectivity index (χ1) is 28.8. The predicted molar refractivity (Wildman–Crippen MR) is 303 cm³/mol. The van der Waals surface area contributed by atoms with Crippen molar-refractivity contribution in [2.24, 2.45) is 0 Å². The zero-order valence-electron chi connectivity index (χ0n) is 41.8. The Hall–Kier alpha value is -3.75. The van der Waals surface area contributed by atoms with Crippen molar-refractivity contribution < 1.29 is 17.9 Å². The molecule has 5 rings (SSSR count). The van der Waals surface area contributed by atoms with Crippen LogP contribution >= 0.6 is 54.2 Å². The molecule has 0 saturated carbocycles. The van der Waals surface area contributed by atoms with Gasteiger partial charge in [0.25, 0.3) is 0 Å². The Bertz CT molecular complexity index is 1940. The molecule has 0 amide bonds. The van der Waals surface area contributed by atoms with E-state index in [0.29, 0.717) is 0 Å². The molecule has 5 aromatic rings. The Balaban J connectivity index is -0.000000782. The number of halogens is 4. The Morgan fingerprint density at radius 3 is 0.800 bits per heavy atom. The van der Waals surface area contributed by atoms with E-state index < -0.39 is 0 Å². The third-order valence-corrected chi connectivity index (χ3v) is 10.8. The summed E-state index contributed by atoms with van der Waals surface area (Å²) in [6.45, 7) is 30.8. The molecular weight excluding hydrogens is 927 g/mol. The second kappa shape index (κ2) is 32.8. The lowest BCUT2D eigenvalue weighted by Crippen LogP contribution is -2.46. The molecule has 0 aliphatic carbocycles. The van der Waals surface area contributed by atoms with Gasteiger partial charge in [0, 0.05) is 27.8 Å². The lowest BCUT2D eigenvalue weighted by Gasteiger charge is -2.35. The first-order valence-electron chi connectivity index (χ1n) is 22.0. The van der Waals surface area contributed by atoms with E-state index in [4.69, 9.17) is 0 Å². The summed E-state index contributed by atoms with van der Waals surface area (Å²) >= 11 is 0. The van der Waals surface area contributed by atoms with Crippen LogP contribution in [0.2, 0.25) is 0 Å². The van der Waals surface area contributed by atoms with Crippen LogP contribution in [0.15, 0.2) is 154 Å². The molecule has 65 heavy (non-hydrogen) atoms. The minimum Gasteiger partial charge on any atom is -0.327 e. The molecule has 0 fully saturated rings. The van der Waals surface area contributed by atoms with Crippen molar-refractivity contribution in [2.75, 3.05) is 76.0 Å². The van der Waals surface area contributed by atoms with Gasteiger partial charge in [0.1, 0.15) is 32.7 Å². The van der Waals surface area contributed by atoms with Crippen LogP contribution < -0.4 is 0 Å². The highest BCUT2D eigenvalue weighted by Crippen LogP contribution is 2.17. The maximum absolute atomic E-state index is 3.79. The zero-order chi connectivity index (χ0) is 45.5. The van der Waals surface area contributed by atoms with Crippen molar-refractivity contribution in [1.82, 2.24) is 0 Å². The maximum Gasteiger partial charge on any atom is 0.104 e. The summed E-state index contributed by atoms with van der Waals surface area (Å²) in [5, 5.41) is 0. The van der Waals surface area contributed by atoms with Crippen molar-refractivity contribution in [1.29, 1.82) is 0 Å². The zero-order valence-corrected chi connectivity index (χ0v) is 46.0. The quantitative estimate of drug-likeness (QED) is 0.0815. The lowest BCUT2D eigenvalue weighted by atomic mass is 10.1. The van der Waals surface area contributed by atoms with Crippen molar-refractivity contribution in [3.8, 4) is 0 Å². The van der Waals surface area contributed by atoms with Gasteiger partial charge >= 0.3 is 0 Å². The Labute approximate surface area is 427 Å². The number of quaternary nitrogens is 4. The van der Waals surface area contributed by atoms with Gasteiger partial charge in [-0.3, -0.25) is 0 Å². The third kappa shape index (κ3) is 27.5. The fourth-order valence-corrected chi connectivity index (χ4v) is 7.15. The highest BCUT2D eigenvalue weighted by molar-refractivity contribution is 8.93. The van der Waals surface area contributed by atoms with E-state index in [1.54, 1.807) is 0 Å². The average Bonchev–Trinajstić information content (AvgIpc) is 3.23. The highest BCUT2D eigenvalue weighted by atomic mass is 79.9. The largest absolute Gasteiger partial charge is 0.327 e. The second-order valence-electron chi connectivity index (χ2n) is 18.9. The summed E-state index contributed by atoms with van der Waals surface area (Å²) in [5.41, 5.74) is 11.7. The second-order valence-corrected chi connectivity index (χ2v) is 18.9. The van der Waals surface area contributed by atoms with Gasteiger partial charge in [-0.15, -0.1) is 54.2 Å². The molecule has 5 aromatic carbocycles. The summed E-state index contributed by atoms with van der Waals surface area (Å²) in [6, 6.07) is 45.2. The van der Waals surface area contributed by atoms with E-state index in [1.807, 2.05) is 24.3 Å². The molecule has 0 aliphatic rings. The van der Waals surface area contributed by atoms with Crippen molar-refractivity contribution in [3.05, 3.63) is 204 Å². The van der Waals surface area contributed by atoms with Crippen LogP contribution in [0.3, 0.4) is 0 Å². The molecule has 0 heterocycles. The fraction of sp³-hybridized carbons (Fsp3) is 0.333. The van der Waals surface area contributed by atoms with Gasteiger partial charge in [-0.1, -0.05) is 178 Å². The van der Waals surface area contributed by atoms with Crippen LogP contribution in [0.1, 0.15) is 70.8 Å². The van der Waals surface area contributed by atoms with Gasteiger partial charge in [0.15, 0.2) is 0 Å². The van der Waals surface area contributed by atoms with Crippen LogP contribution in [0.5, 0.6) is 0 Å². The van der Waals surface area contributed by atoms with Gasteiger partial charge in [-0.2, -0.15) is 0 Å². The minimum absolute atomic E-state index is 0. The molecular formula is C57H86BrCl3N4+4. The van der Waals surface area contributed by atoms with E-state index in [-0.39, 0.29) is 54.2 Å². The maximum atomic E-state index is 3.79. The molecule has 0 bridgehead atoms. The van der Waals surface area contributed by atoms with Crippen molar-refractivity contribution in [2.45, 2.75) is 53.5 Å². The normalized spacial score (nSPS) is 10.6. The van der Waals surface area contributed by atoms with Crippen LogP contribution in [-0.4, -0.2) is 93.9 Å². The number of hydrogen-bond donors (Lipinski definition) is 0. The molecule has 0 spiro atoms. The molecule has 0 unspecified atom stereocenters. The van der Waals surface area contributed by atoms with E-state index in [2.05, 4.69) is 231 Å². The first kappa shape index (κ1) is 65.5.